The molecule has 11 rings (SSSR count). The van der Waals surface area contributed by atoms with Gasteiger partial charge >= 0.3 is 335 Å². The van der Waals surface area contributed by atoms with Gasteiger partial charge in [-0.1, -0.05) is 0 Å². The molecule has 7 aromatic carbocycles. The normalized spacial score (nSPS) is 11.9. The van der Waals surface area contributed by atoms with E-state index < -0.39 is 13.3 Å². The molecular weight excluding hydrogens is 753 g/mol. The zero-order valence-corrected chi connectivity index (χ0v) is 33.2. The molecule has 0 saturated heterocycles. The van der Waals surface area contributed by atoms with E-state index in [1.165, 1.54) is 34.7 Å². The van der Waals surface area contributed by atoms with Crippen molar-refractivity contribution in [2.45, 2.75) is 0 Å². The van der Waals surface area contributed by atoms with E-state index >= 15 is 0 Å². The van der Waals surface area contributed by atoms with Crippen molar-refractivity contribution in [3.05, 3.63) is 219 Å². The van der Waals surface area contributed by atoms with E-state index in [0.29, 0.717) is 0 Å². The minimum atomic E-state index is -3.65. The number of para-hydroxylation sites is 4. The van der Waals surface area contributed by atoms with Gasteiger partial charge in [0.1, 0.15) is 0 Å². The Hall–Kier alpha value is -7.02. The molecular formula is C52H36GeN4. The van der Waals surface area contributed by atoms with Gasteiger partial charge in [-0.2, -0.15) is 0 Å². The van der Waals surface area contributed by atoms with Crippen molar-refractivity contribution in [2.75, 3.05) is 0 Å². The van der Waals surface area contributed by atoms with Crippen molar-refractivity contribution < 1.29 is 0 Å². The molecule has 0 N–H and O–H groups in total. The van der Waals surface area contributed by atoms with Gasteiger partial charge in [0.25, 0.3) is 0 Å². The van der Waals surface area contributed by atoms with Crippen molar-refractivity contribution in [1.29, 1.82) is 0 Å². The fourth-order valence-electron chi connectivity index (χ4n) is 9.06. The van der Waals surface area contributed by atoms with Crippen LogP contribution in [0, 0.1) is 0 Å². The summed E-state index contributed by atoms with van der Waals surface area (Å²) in [6.45, 7) is 0. The second-order valence-corrected chi connectivity index (χ2v) is 22.4. The van der Waals surface area contributed by atoms with Crippen molar-refractivity contribution in [3.8, 4) is 22.8 Å². The van der Waals surface area contributed by atoms with Gasteiger partial charge in [0.2, 0.25) is 0 Å². The third kappa shape index (κ3) is 5.29. The molecule has 0 unspecified atom stereocenters. The summed E-state index contributed by atoms with van der Waals surface area (Å²) in [5, 5.41) is 4.82. The first-order chi connectivity index (χ1) is 28.3. The van der Waals surface area contributed by atoms with E-state index in [1.807, 2.05) is 6.20 Å². The van der Waals surface area contributed by atoms with Crippen LogP contribution in [0.15, 0.2) is 219 Å². The first kappa shape index (κ1) is 33.3. The molecule has 0 amide bonds. The van der Waals surface area contributed by atoms with Crippen molar-refractivity contribution in [2.24, 2.45) is 0 Å². The van der Waals surface area contributed by atoms with Gasteiger partial charge < -0.3 is 0 Å². The summed E-state index contributed by atoms with van der Waals surface area (Å²) < 4.78 is 9.80. The van der Waals surface area contributed by atoms with Gasteiger partial charge in [-0.05, 0) is 0 Å². The second kappa shape index (κ2) is 13.6. The molecule has 0 radical (unpaired) electrons. The van der Waals surface area contributed by atoms with Crippen LogP contribution >= 0.6 is 0 Å². The van der Waals surface area contributed by atoms with Crippen LogP contribution in [-0.4, -0.2) is 32.4 Å². The van der Waals surface area contributed by atoms with Crippen LogP contribution in [-0.2, 0) is 0 Å². The number of hydrogen-bond acceptors (Lipinski definition) is 2. The zero-order valence-electron chi connectivity index (χ0n) is 31.1. The van der Waals surface area contributed by atoms with Gasteiger partial charge in [-0.25, -0.2) is 0 Å². The number of pyridine rings is 2. The average molecular weight is 789 g/mol. The molecule has 0 aliphatic rings. The molecule has 57 heavy (non-hydrogen) atoms. The Bertz CT molecular complexity index is 2910. The minimum absolute atomic E-state index is 0.863. The predicted octanol–water partition coefficient (Wildman–Crippen LogP) is 9.72. The summed E-state index contributed by atoms with van der Waals surface area (Å²) in [5.41, 5.74) is 6.67. The zero-order chi connectivity index (χ0) is 37.8. The standard InChI is InChI=1S/C52H36GeN4/c1-4-18-39(19-5-1)53(40-20-6-2-7-21-40,41-22-8-3-9-23-41)50-34-37(32-33-54-50)38-35-51(56-46-28-14-10-24-42(46)43-25-11-15-29-47(43)56)55-52(36-38)57-48-30-16-12-26-44(48)45-27-13-17-31-49(45)57/h1-36H. The second-order valence-electron chi connectivity index (χ2n) is 14.6. The molecule has 4 nitrogen and oxygen atoms in total. The molecule has 4 aromatic heterocycles. The van der Waals surface area contributed by atoms with Crippen LogP contribution in [0.1, 0.15) is 0 Å². The van der Waals surface area contributed by atoms with E-state index in [9.17, 15) is 0 Å². The monoisotopic (exact) mass is 790 g/mol. The molecule has 0 spiro atoms. The van der Waals surface area contributed by atoms with Gasteiger partial charge in [-0.15, -0.1) is 0 Å². The summed E-state index contributed by atoms with van der Waals surface area (Å²) in [6.07, 6.45) is 2.01. The first-order valence-corrected chi connectivity index (χ1v) is 23.6. The molecule has 0 saturated carbocycles. The van der Waals surface area contributed by atoms with Crippen LogP contribution in [0.3, 0.4) is 0 Å². The quantitative estimate of drug-likeness (QED) is 0.151. The third-order valence-electron chi connectivity index (χ3n) is 11.5. The number of fused-ring (bicyclic) bond motifs is 6. The summed E-state index contributed by atoms with van der Waals surface area (Å²) in [5.74, 6) is 1.73. The Morgan fingerprint density at radius 2 is 0.684 bits per heavy atom. The predicted molar refractivity (Wildman–Crippen MR) is 240 cm³/mol. The maximum atomic E-state index is 5.58. The summed E-state index contributed by atoms with van der Waals surface area (Å²) in [7, 11) is 0. The Morgan fingerprint density at radius 1 is 0.333 bits per heavy atom. The van der Waals surface area contributed by atoms with Gasteiger partial charge in [0, 0.05) is 0 Å². The Balaban J connectivity index is 1.22. The van der Waals surface area contributed by atoms with Gasteiger partial charge in [0.05, 0.1) is 0 Å². The SMILES string of the molecule is c1cc[c]([Ge]([c]2ccccc2)([c]2ccccc2)[c]2cc(-c3cc(-n4c5ccccc5c5ccccc54)nc(-n4c5ccccc5c5ccccc54)c3)ccn2)cc1. The van der Waals surface area contributed by atoms with Crippen LogP contribution in [0.4, 0.5) is 0 Å². The van der Waals surface area contributed by atoms with Crippen molar-refractivity contribution >= 4 is 74.6 Å². The number of rotatable bonds is 7. The average Bonchev–Trinajstić information content (AvgIpc) is 3.81. The van der Waals surface area contributed by atoms with Crippen LogP contribution in [0.5, 0.6) is 0 Å². The molecule has 0 aliphatic heterocycles. The van der Waals surface area contributed by atoms with Crippen molar-refractivity contribution in [1.82, 2.24) is 19.1 Å². The third-order valence-corrected chi connectivity index (χ3v) is 21.2. The fraction of sp³-hybridized carbons (Fsp3) is 0. The molecule has 11 aromatic rings. The number of aromatic nitrogens is 4. The van der Waals surface area contributed by atoms with Gasteiger partial charge in [0.15, 0.2) is 0 Å². The Labute approximate surface area is 333 Å². The molecule has 268 valence electrons. The topological polar surface area (TPSA) is 35.6 Å². The Kier molecular flexibility index (Phi) is 7.97. The van der Waals surface area contributed by atoms with E-state index in [2.05, 4.69) is 221 Å². The molecule has 4 heterocycles. The molecule has 0 aliphatic carbocycles. The molecule has 0 bridgehead atoms. The first-order valence-electron chi connectivity index (χ1n) is 19.4. The number of hydrogen-bond donors (Lipinski definition) is 0. The number of benzene rings is 7. The maximum absolute atomic E-state index is 5.58. The van der Waals surface area contributed by atoms with E-state index in [4.69, 9.17) is 9.97 Å². The van der Waals surface area contributed by atoms with Crippen molar-refractivity contribution in [3.63, 3.8) is 0 Å². The Morgan fingerprint density at radius 3 is 1.07 bits per heavy atom. The summed E-state index contributed by atoms with van der Waals surface area (Å²) in [6, 6.07) is 76.9. The summed E-state index contributed by atoms with van der Waals surface area (Å²) in [4.78, 5) is 10.9. The van der Waals surface area contributed by atoms with Crippen LogP contribution < -0.4 is 17.7 Å². The molecule has 0 fully saturated rings. The van der Waals surface area contributed by atoms with E-state index in [1.54, 1.807) is 0 Å². The summed E-state index contributed by atoms with van der Waals surface area (Å²) >= 11 is -3.65. The van der Waals surface area contributed by atoms with E-state index in [-0.39, 0.29) is 0 Å². The van der Waals surface area contributed by atoms with E-state index in [0.717, 1.165) is 49.4 Å². The molecule has 5 heteroatoms. The number of nitrogens with zero attached hydrogens (tertiary/aromatic N) is 4. The molecule has 0 atom stereocenters. The van der Waals surface area contributed by atoms with Crippen LogP contribution in [0.2, 0.25) is 0 Å². The van der Waals surface area contributed by atoms with Gasteiger partial charge in [-0.3, -0.25) is 0 Å². The fourth-order valence-corrected chi connectivity index (χ4v) is 18.7. The van der Waals surface area contributed by atoms with Crippen LogP contribution in [0.25, 0.3) is 66.4 Å².